The molecule has 4 rings (SSSR count). The molecule has 10 heteroatoms. The quantitative estimate of drug-likeness (QED) is 0.191. The van der Waals surface area contributed by atoms with Gasteiger partial charge in [0.2, 0.25) is 11.8 Å². The van der Waals surface area contributed by atoms with E-state index >= 15 is 0 Å². The molecule has 43 heavy (non-hydrogen) atoms. The minimum Gasteiger partial charge on any atom is -0.354 e. The highest BCUT2D eigenvalue weighted by Gasteiger charge is 2.34. The van der Waals surface area contributed by atoms with Crippen molar-refractivity contribution in [2.75, 3.05) is 17.4 Å². The molecule has 0 aliphatic heterocycles. The zero-order valence-corrected chi connectivity index (χ0v) is 26.1. The molecule has 7 nitrogen and oxygen atoms in total. The Hall–Kier alpha value is -4.02. The summed E-state index contributed by atoms with van der Waals surface area (Å²) in [5.74, 6) is -1.37. The number of carbonyl (C=O) groups excluding carboxylic acids is 2. The lowest BCUT2D eigenvalue weighted by molar-refractivity contribution is -0.140. The van der Waals surface area contributed by atoms with Gasteiger partial charge in [0.1, 0.15) is 18.4 Å². The number of amides is 2. The molecule has 0 radical (unpaired) electrons. The maximum absolute atomic E-state index is 14.3. The molecule has 1 N–H and O–H groups in total. The van der Waals surface area contributed by atoms with Gasteiger partial charge in [-0.15, -0.1) is 0 Å². The van der Waals surface area contributed by atoms with Crippen molar-refractivity contribution in [2.24, 2.45) is 0 Å². The van der Waals surface area contributed by atoms with E-state index in [1.165, 1.54) is 29.2 Å². The zero-order chi connectivity index (χ0) is 30.8. The molecule has 4 aromatic rings. The van der Waals surface area contributed by atoms with Crippen molar-refractivity contribution in [1.82, 2.24) is 10.2 Å². The lowest BCUT2D eigenvalue weighted by Crippen LogP contribution is -2.53. The Morgan fingerprint density at radius 1 is 0.837 bits per heavy atom. The fourth-order valence-electron chi connectivity index (χ4n) is 4.56. The van der Waals surface area contributed by atoms with Crippen LogP contribution in [-0.2, 0) is 32.6 Å². The van der Waals surface area contributed by atoms with Gasteiger partial charge in [0.15, 0.2) is 0 Å². The minimum absolute atomic E-state index is 0.0253. The van der Waals surface area contributed by atoms with Crippen molar-refractivity contribution < 1.29 is 22.4 Å². The second-order valence-electron chi connectivity index (χ2n) is 9.95. The summed E-state index contributed by atoms with van der Waals surface area (Å²) >= 11 is 3.38. The van der Waals surface area contributed by atoms with Crippen LogP contribution < -0.4 is 9.62 Å². The predicted octanol–water partition coefficient (Wildman–Crippen LogP) is 5.95. The van der Waals surface area contributed by atoms with Gasteiger partial charge in [-0.3, -0.25) is 13.9 Å². The molecule has 0 aromatic heterocycles. The second kappa shape index (κ2) is 14.9. The summed E-state index contributed by atoms with van der Waals surface area (Å²) in [6.45, 7) is 1.75. The first-order valence-electron chi connectivity index (χ1n) is 13.9. The maximum atomic E-state index is 14.3. The summed E-state index contributed by atoms with van der Waals surface area (Å²) in [6, 6.07) is 28.5. The molecule has 4 aromatic carbocycles. The van der Waals surface area contributed by atoms with E-state index in [-0.39, 0.29) is 29.5 Å². The summed E-state index contributed by atoms with van der Waals surface area (Å²) in [6.07, 6.45) is 0.898. The molecule has 0 saturated heterocycles. The van der Waals surface area contributed by atoms with Crippen LogP contribution in [0.3, 0.4) is 0 Å². The Morgan fingerprint density at radius 3 is 2.05 bits per heavy atom. The van der Waals surface area contributed by atoms with E-state index in [1.807, 2.05) is 37.3 Å². The number of rotatable bonds is 13. The standard InChI is InChI=1S/C33H33BrFN3O4S/c1-2-21-36-33(40)31(22-25-9-5-3-6-10-25)37(23-26-13-17-28(35)18-14-26)32(39)24-38(29-19-15-27(34)16-20-29)43(41,42)30-11-7-4-8-12-30/h3-20,31H,2,21-24H2,1H3,(H,36,40)/t31-/m1/s1. The van der Waals surface area contributed by atoms with E-state index < -0.39 is 34.3 Å². The molecule has 0 fully saturated rings. The number of anilines is 1. The van der Waals surface area contributed by atoms with E-state index in [2.05, 4.69) is 21.2 Å². The molecule has 0 spiro atoms. The van der Waals surface area contributed by atoms with E-state index in [0.717, 1.165) is 14.3 Å². The summed E-state index contributed by atoms with van der Waals surface area (Å²) in [5, 5.41) is 2.90. The summed E-state index contributed by atoms with van der Waals surface area (Å²) in [7, 11) is -4.17. The Balaban J connectivity index is 1.78. The smallest absolute Gasteiger partial charge is 0.264 e. The Bertz CT molecular complexity index is 1600. The van der Waals surface area contributed by atoms with Crippen LogP contribution in [-0.4, -0.2) is 44.3 Å². The fraction of sp³-hybridized carbons (Fsp3) is 0.212. The number of nitrogens with zero attached hydrogens (tertiary/aromatic N) is 2. The van der Waals surface area contributed by atoms with Gasteiger partial charge in [0.25, 0.3) is 10.0 Å². The zero-order valence-electron chi connectivity index (χ0n) is 23.7. The first-order valence-corrected chi connectivity index (χ1v) is 16.1. The van der Waals surface area contributed by atoms with Crippen LogP contribution in [0.2, 0.25) is 0 Å². The van der Waals surface area contributed by atoms with Crippen LogP contribution in [0.4, 0.5) is 10.1 Å². The van der Waals surface area contributed by atoms with E-state index in [4.69, 9.17) is 0 Å². The first-order chi connectivity index (χ1) is 20.7. The van der Waals surface area contributed by atoms with Crippen molar-refractivity contribution in [3.63, 3.8) is 0 Å². The third-order valence-corrected chi connectivity index (χ3v) is 9.13. The third-order valence-electron chi connectivity index (χ3n) is 6.81. The summed E-state index contributed by atoms with van der Waals surface area (Å²) in [5.41, 5.74) is 1.71. The van der Waals surface area contributed by atoms with Gasteiger partial charge in [0.05, 0.1) is 10.6 Å². The van der Waals surface area contributed by atoms with Gasteiger partial charge in [0, 0.05) is 24.0 Å². The van der Waals surface area contributed by atoms with E-state index in [0.29, 0.717) is 18.5 Å². The van der Waals surface area contributed by atoms with Gasteiger partial charge < -0.3 is 10.2 Å². The van der Waals surface area contributed by atoms with Crippen LogP contribution in [0.25, 0.3) is 0 Å². The van der Waals surface area contributed by atoms with Gasteiger partial charge in [-0.05, 0) is 66.1 Å². The predicted molar refractivity (Wildman–Crippen MR) is 169 cm³/mol. The largest absolute Gasteiger partial charge is 0.354 e. The first kappa shape index (κ1) is 31.9. The average Bonchev–Trinajstić information content (AvgIpc) is 3.02. The molecule has 0 aliphatic rings. The highest BCUT2D eigenvalue weighted by atomic mass is 79.9. The van der Waals surface area contributed by atoms with Gasteiger partial charge in [-0.1, -0.05) is 83.5 Å². The van der Waals surface area contributed by atoms with E-state index in [1.54, 1.807) is 54.6 Å². The van der Waals surface area contributed by atoms with Crippen molar-refractivity contribution in [3.8, 4) is 0 Å². The van der Waals surface area contributed by atoms with Gasteiger partial charge in [-0.25, -0.2) is 12.8 Å². The van der Waals surface area contributed by atoms with Crippen LogP contribution in [0.15, 0.2) is 119 Å². The SMILES string of the molecule is CCCNC(=O)[C@@H](Cc1ccccc1)N(Cc1ccc(F)cc1)C(=O)CN(c1ccc(Br)cc1)S(=O)(=O)c1ccccc1. The normalized spacial score (nSPS) is 11.9. The number of carbonyl (C=O) groups is 2. The van der Waals surface area contributed by atoms with Crippen LogP contribution in [0.1, 0.15) is 24.5 Å². The lowest BCUT2D eigenvalue weighted by Gasteiger charge is -2.34. The molecule has 224 valence electrons. The van der Waals surface area contributed by atoms with Crippen molar-refractivity contribution in [1.29, 1.82) is 0 Å². The summed E-state index contributed by atoms with van der Waals surface area (Å²) < 4.78 is 43.4. The monoisotopic (exact) mass is 665 g/mol. The molecule has 0 aliphatic carbocycles. The van der Waals surface area contributed by atoms with Gasteiger partial charge in [-0.2, -0.15) is 0 Å². The van der Waals surface area contributed by atoms with Crippen LogP contribution in [0, 0.1) is 5.82 Å². The Labute approximate surface area is 260 Å². The third kappa shape index (κ3) is 8.52. The van der Waals surface area contributed by atoms with Crippen LogP contribution >= 0.6 is 15.9 Å². The molecule has 0 heterocycles. The molecule has 0 saturated carbocycles. The summed E-state index contributed by atoms with van der Waals surface area (Å²) in [4.78, 5) is 29.3. The fourth-order valence-corrected chi connectivity index (χ4v) is 6.26. The van der Waals surface area contributed by atoms with Crippen molar-refractivity contribution in [2.45, 2.75) is 37.2 Å². The highest BCUT2D eigenvalue weighted by Crippen LogP contribution is 2.26. The number of nitrogens with one attached hydrogen (secondary N) is 1. The van der Waals surface area contributed by atoms with E-state index in [9.17, 15) is 22.4 Å². The van der Waals surface area contributed by atoms with Crippen LogP contribution in [0.5, 0.6) is 0 Å². The number of hydrogen-bond donors (Lipinski definition) is 1. The number of hydrogen-bond acceptors (Lipinski definition) is 4. The maximum Gasteiger partial charge on any atom is 0.264 e. The lowest BCUT2D eigenvalue weighted by atomic mass is 10.0. The Kier molecular flexibility index (Phi) is 11.1. The van der Waals surface area contributed by atoms with Gasteiger partial charge >= 0.3 is 0 Å². The molecular weight excluding hydrogens is 633 g/mol. The topological polar surface area (TPSA) is 86.8 Å². The number of halogens is 2. The average molecular weight is 667 g/mol. The number of benzene rings is 4. The Morgan fingerprint density at radius 2 is 1.44 bits per heavy atom. The molecule has 1 atom stereocenters. The minimum atomic E-state index is -4.17. The van der Waals surface area contributed by atoms with Crippen molar-refractivity contribution in [3.05, 3.63) is 131 Å². The molecule has 2 amide bonds. The molecule has 0 unspecified atom stereocenters. The molecule has 0 bridgehead atoms. The highest BCUT2D eigenvalue weighted by molar-refractivity contribution is 9.10. The molecular formula is C33H33BrFN3O4S. The van der Waals surface area contributed by atoms with Crippen molar-refractivity contribution >= 4 is 43.5 Å². The number of sulfonamides is 1. The second-order valence-corrected chi connectivity index (χ2v) is 12.7.